The Labute approximate surface area is 105 Å². The summed E-state index contributed by atoms with van der Waals surface area (Å²) >= 11 is 0. The summed E-state index contributed by atoms with van der Waals surface area (Å²) in [5.41, 5.74) is 0.0528. The first-order valence-electron chi connectivity index (χ1n) is 4.90. The van der Waals surface area contributed by atoms with Gasteiger partial charge in [0.2, 0.25) is 0 Å². The zero-order valence-corrected chi connectivity index (χ0v) is 9.85. The molecule has 0 aromatic carbocycles. The molecule has 0 radical (unpaired) electrons. The number of ether oxygens (including phenoxy) is 2. The third-order valence-electron chi connectivity index (χ3n) is 1.72. The summed E-state index contributed by atoms with van der Waals surface area (Å²) < 4.78 is 68.0. The van der Waals surface area contributed by atoms with Crippen LogP contribution < -0.4 is 0 Å². The summed E-state index contributed by atoms with van der Waals surface area (Å²) in [6.07, 6.45) is -6.42. The minimum atomic E-state index is -5.79. The Morgan fingerprint density at radius 2 is 1.63 bits per heavy atom. The van der Waals surface area contributed by atoms with Gasteiger partial charge in [0.1, 0.15) is 6.61 Å². The highest BCUT2D eigenvalue weighted by molar-refractivity contribution is 5.87. The van der Waals surface area contributed by atoms with Crippen LogP contribution >= 0.6 is 0 Å². The van der Waals surface area contributed by atoms with Crippen LogP contribution in [0.2, 0.25) is 0 Å². The zero-order valence-electron chi connectivity index (χ0n) is 9.85. The highest BCUT2D eigenvalue weighted by atomic mass is 19.4. The third kappa shape index (κ3) is 6.16. The van der Waals surface area contributed by atoms with Crippen molar-refractivity contribution in [1.29, 1.82) is 0 Å². The summed E-state index contributed by atoms with van der Waals surface area (Å²) in [7, 11) is 0. The molecule has 0 fully saturated rings. The Bertz CT molecular complexity index is 361. The first kappa shape index (κ1) is 17.3. The van der Waals surface area contributed by atoms with Crippen molar-refractivity contribution in [3.8, 4) is 0 Å². The molecule has 0 aromatic heterocycles. The second-order valence-electron chi connectivity index (χ2n) is 3.53. The van der Waals surface area contributed by atoms with Gasteiger partial charge in [0.25, 0.3) is 0 Å². The second kappa shape index (κ2) is 6.48. The van der Waals surface area contributed by atoms with E-state index in [1.165, 1.54) is 6.92 Å². The van der Waals surface area contributed by atoms with E-state index in [4.69, 9.17) is 0 Å². The highest BCUT2D eigenvalue weighted by Crippen LogP contribution is 2.35. The first-order valence-corrected chi connectivity index (χ1v) is 4.90. The molecule has 9 heteroatoms. The molecule has 0 aliphatic carbocycles. The average molecular weight is 290 g/mol. The lowest BCUT2D eigenvalue weighted by atomic mass is 10.3. The van der Waals surface area contributed by atoms with Gasteiger partial charge in [-0.15, -0.1) is 0 Å². The van der Waals surface area contributed by atoms with Gasteiger partial charge in [0.15, 0.2) is 6.61 Å². The summed E-state index contributed by atoms with van der Waals surface area (Å²) in [5, 5.41) is 0. The first-order chi connectivity index (χ1) is 8.47. The predicted molar refractivity (Wildman–Crippen MR) is 52.4 cm³/mol. The molecule has 0 rings (SSSR count). The molecule has 110 valence electrons. The van der Waals surface area contributed by atoms with Gasteiger partial charge in [-0.1, -0.05) is 6.58 Å². The Hall–Kier alpha value is -1.67. The fourth-order valence-corrected chi connectivity index (χ4v) is 0.675. The number of carbonyl (C=O) groups excluding carboxylic acids is 2. The van der Waals surface area contributed by atoms with Gasteiger partial charge in [-0.25, -0.2) is 4.79 Å². The fraction of sp³-hybridized carbons (Fsp3) is 0.600. The van der Waals surface area contributed by atoms with Crippen LogP contribution in [0.25, 0.3) is 0 Å². The van der Waals surface area contributed by atoms with Crippen molar-refractivity contribution in [2.45, 2.75) is 25.4 Å². The van der Waals surface area contributed by atoms with Crippen LogP contribution in [-0.2, 0) is 19.1 Å². The van der Waals surface area contributed by atoms with Crippen molar-refractivity contribution >= 4 is 11.9 Å². The molecule has 0 saturated carbocycles. The molecular formula is C10H11F5O4. The quantitative estimate of drug-likeness (QED) is 0.427. The molecule has 0 amide bonds. The van der Waals surface area contributed by atoms with Crippen LogP contribution in [0, 0.1) is 0 Å². The van der Waals surface area contributed by atoms with Crippen molar-refractivity contribution < 1.29 is 41.0 Å². The predicted octanol–water partition coefficient (Wildman–Crippen LogP) is 2.24. The average Bonchev–Trinajstić information content (AvgIpc) is 2.24. The van der Waals surface area contributed by atoms with Crippen LogP contribution in [0.15, 0.2) is 12.2 Å². The van der Waals surface area contributed by atoms with E-state index in [0.717, 1.165) is 0 Å². The van der Waals surface area contributed by atoms with E-state index >= 15 is 0 Å². The molecule has 0 saturated heterocycles. The smallest absolute Gasteiger partial charge is 0.456 e. The van der Waals surface area contributed by atoms with Gasteiger partial charge < -0.3 is 9.47 Å². The lowest BCUT2D eigenvalue weighted by molar-refractivity contribution is -0.294. The molecule has 0 aliphatic rings. The topological polar surface area (TPSA) is 52.6 Å². The third-order valence-corrected chi connectivity index (χ3v) is 1.72. The van der Waals surface area contributed by atoms with Crippen LogP contribution in [0.5, 0.6) is 0 Å². The molecule has 4 nitrogen and oxygen atoms in total. The van der Waals surface area contributed by atoms with Gasteiger partial charge in [-0.2, -0.15) is 22.0 Å². The number of hydrogen-bond donors (Lipinski definition) is 0. The van der Waals surface area contributed by atoms with Gasteiger partial charge in [0, 0.05) is 5.57 Å². The van der Waals surface area contributed by atoms with E-state index < -0.39 is 43.7 Å². The second-order valence-corrected chi connectivity index (χ2v) is 3.53. The van der Waals surface area contributed by atoms with Crippen LogP contribution in [0.4, 0.5) is 22.0 Å². The Morgan fingerprint density at radius 3 is 2.05 bits per heavy atom. The van der Waals surface area contributed by atoms with Crippen LogP contribution in [0.1, 0.15) is 13.3 Å². The van der Waals surface area contributed by atoms with E-state index in [9.17, 15) is 31.5 Å². The van der Waals surface area contributed by atoms with Gasteiger partial charge in [0.05, 0.1) is 6.42 Å². The normalized spacial score (nSPS) is 11.9. The molecule has 19 heavy (non-hydrogen) atoms. The minimum absolute atomic E-state index is 0.0528. The number of rotatable bonds is 6. The van der Waals surface area contributed by atoms with E-state index in [1.54, 1.807) is 0 Å². The standard InChI is InChI=1S/C10H11F5O4/c1-6(2)8(17)18-4-3-7(16)19-5-9(11,12)10(13,14)15/h1,3-5H2,2H3. The SMILES string of the molecule is C=C(C)C(=O)OCCC(=O)OCC(F)(F)C(F)(F)F. The Balaban J connectivity index is 4.02. The fourth-order valence-electron chi connectivity index (χ4n) is 0.675. The highest BCUT2D eigenvalue weighted by Gasteiger charge is 2.58. The molecule has 0 aliphatic heterocycles. The van der Waals surface area contributed by atoms with Gasteiger partial charge in [-0.05, 0) is 6.92 Å². The van der Waals surface area contributed by atoms with Gasteiger partial charge in [-0.3, -0.25) is 4.79 Å². The number of halogens is 5. The zero-order chi connectivity index (χ0) is 15.3. The summed E-state index contributed by atoms with van der Waals surface area (Å²) in [6.45, 7) is 1.97. The van der Waals surface area contributed by atoms with Crippen molar-refractivity contribution in [3.05, 3.63) is 12.2 Å². The molecule has 0 bridgehead atoms. The maximum atomic E-state index is 12.3. The summed E-state index contributed by atoms with van der Waals surface area (Å²) in [4.78, 5) is 21.7. The largest absolute Gasteiger partial charge is 0.462 e. The van der Waals surface area contributed by atoms with Crippen molar-refractivity contribution in [2.24, 2.45) is 0 Å². The molecule has 0 atom stereocenters. The van der Waals surface area contributed by atoms with E-state index in [-0.39, 0.29) is 5.57 Å². The summed E-state index contributed by atoms with van der Waals surface area (Å²) in [5.74, 6) is -7.26. The van der Waals surface area contributed by atoms with Crippen molar-refractivity contribution in [2.75, 3.05) is 13.2 Å². The van der Waals surface area contributed by atoms with Crippen molar-refractivity contribution in [1.82, 2.24) is 0 Å². The number of esters is 2. The van der Waals surface area contributed by atoms with E-state index in [1.807, 2.05) is 0 Å². The molecule has 0 heterocycles. The minimum Gasteiger partial charge on any atom is -0.462 e. The summed E-state index contributed by atoms with van der Waals surface area (Å²) in [6, 6.07) is 0. The molecule has 0 spiro atoms. The maximum absolute atomic E-state index is 12.3. The van der Waals surface area contributed by atoms with Crippen LogP contribution in [-0.4, -0.2) is 37.3 Å². The number of hydrogen-bond acceptors (Lipinski definition) is 4. The van der Waals surface area contributed by atoms with E-state index in [2.05, 4.69) is 16.1 Å². The molecule has 0 aromatic rings. The number of carbonyl (C=O) groups is 2. The lowest BCUT2D eigenvalue weighted by Gasteiger charge is -2.19. The molecular weight excluding hydrogens is 279 g/mol. The van der Waals surface area contributed by atoms with Gasteiger partial charge >= 0.3 is 24.0 Å². The van der Waals surface area contributed by atoms with Crippen LogP contribution in [0.3, 0.4) is 0 Å². The lowest BCUT2D eigenvalue weighted by Crippen LogP contribution is -2.41. The number of alkyl halides is 5. The Kier molecular flexibility index (Phi) is 5.91. The van der Waals surface area contributed by atoms with E-state index in [0.29, 0.717) is 0 Å². The molecule has 0 N–H and O–H groups in total. The molecule has 0 unspecified atom stereocenters. The van der Waals surface area contributed by atoms with Crippen molar-refractivity contribution in [3.63, 3.8) is 0 Å². The maximum Gasteiger partial charge on any atom is 0.456 e. The monoisotopic (exact) mass is 290 g/mol. The Morgan fingerprint density at radius 1 is 1.11 bits per heavy atom.